The fourth-order valence-corrected chi connectivity index (χ4v) is 5.21. The van der Waals surface area contributed by atoms with Gasteiger partial charge in [0.15, 0.2) is 0 Å². The van der Waals surface area contributed by atoms with Crippen molar-refractivity contribution in [2.24, 2.45) is 0 Å². The molecule has 0 atom stereocenters. The molecule has 0 aliphatic heterocycles. The lowest BCUT2D eigenvalue weighted by Crippen LogP contribution is -2.33. The number of ether oxygens (including phenoxy) is 2. The highest BCUT2D eigenvalue weighted by Gasteiger charge is 2.37. The molecule has 4 rings (SSSR count). The normalized spacial score (nSPS) is 15.8. The second kappa shape index (κ2) is 11.2. The van der Waals surface area contributed by atoms with Crippen LogP contribution in [0.5, 0.6) is 11.7 Å². The average molecular weight is 520 g/mol. The van der Waals surface area contributed by atoms with Crippen LogP contribution in [-0.4, -0.2) is 30.5 Å². The molecule has 3 aromatic rings. The molecule has 0 spiro atoms. The van der Waals surface area contributed by atoms with Gasteiger partial charge in [-0.1, -0.05) is 59.7 Å². The first kappa shape index (κ1) is 27.8. The number of unbranched alkanes of at least 4 members (excludes halogenated alkanes) is 1. The van der Waals surface area contributed by atoms with Crippen molar-refractivity contribution in [3.05, 3.63) is 59.7 Å². The molecule has 0 fully saturated rings. The third-order valence-electron chi connectivity index (χ3n) is 7.58. The molecule has 6 heteroatoms. The van der Waals surface area contributed by atoms with Gasteiger partial charge in [0.1, 0.15) is 11.5 Å². The molecule has 6 nitrogen and oxygen atoms in total. The highest BCUT2D eigenvalue weighted by atomic mass is 16.7. The van der Waals surface area contributed by atoms with Crippen LogP contribution in [0.15, 0.2) is 52.9 Å². The number of benzene rings is 2. The van der Waals surface area contributed by atoms with Crippen molar-refractivity contribution >= 4 is 6.16 Å². The van der Waals surface area contributed by atoms with Gasteiger partial charge in [-0.25, -0.2) is 4.79 Å². The summed E-state index contributed by atoms with van der Waals surface area (Å²) >= 11 is 0. The van der Waals surface area contributed by atoms with E-state index in [1.807, 2.05) is 12.1 Å². The second-order valence-electron chi connectivity index (χ2n) is 11.9. The Labute approximate surface area is 226 Å². The third kappa shape index (κ3) is 6.41. The minimum atomic E-state index is -1.40. The topological polar surface area (TPSA) is 80.9 Å². The van der Waals surface area contributed by atoms with Gasteiger partial charge in [-0.05, 0) is 84.0 Å². The highest BCUT2D eigenvalue weighted by molar-refractivity contribution is 5.77. The molecule has 1 aliphatic rings. The highest BCUT2D eigenvalue weighted by Crippen LogP contribution is 2.47. The van der Waals surface area contributed by atoms with E-state index in [0.717, 1.165) is 48.2 Å². The molecular weight excluding hydrogens is 478 g/mol. The van der Waals surface area contributed by atoms with Crippen LogP contribution in [0.1, 0.15) is 78.4 Å². The van der Waals surface area contributed by atoms with Crippen LogP contribution in [0.4, 0.5) is 4.79 Å². The van der Waals surface area contributed by atoms with Crippen LogP contribution in [0.3, 0.4) is 0 Å². The maximum Gasteiger partial charge on any atom is 0.513 e. The quantitative estimate of drug-likeness (QED) is 0.208. The van der Waals surface area contributed by atoms with Crippen LogP contribution in [0.2, 0.25) is 0 Å². The van der Waals surface area contributed by atoms with Crippen LogP contribution in [-0.2, 0) is 10.8 Å². The summed E-state index contributed by atoms with van der Waals surface area (Å²) in [6, 6.07) is 16.5. The lowest BCUT2D eigenvalue weighted by Gasteiger charge is -2.42. The Kier molecular flexibility index (Phi) is 8.22. The number of furan rings is 1. The second-order valence-corrected chi connectivity index (χ2v) is 11.9. The van der Waals surface area contributed by atoms with Gasteiger partial charge in [-0.15, -0.1) is 0 Å². The zero-order valence-electron chi connectivity index (χ0n) is 23.5. The Morgan fingerprint density at radius 3 is 2.37 bits per heavy atom. The Bertz CT molecular complexity index is 1270. The molecule has 1 heterocycles. The van der Waals surface area contributed by atoms with E-state index in [1.165, 1.54) is 23.6 Å². The predicted molar refractivity (Wildman–Crippen MR) is 151 cm³/mol. The number of fused-ring (bicyclic) bond motifs is 1. The fraction of sp³-hybridized carbons (Fsp3) is 0.469. The van der Waals surface area contributed by atoms with Crippen molar-refractivity contribution in [1.29, 1.82) is 0 Å². The van der Waals surface area contributed by atoms with E-state index in [-0.39, 0.29) is 16.8 Å². The third-order valence-corrected chi connectivity index (χ3v) is 7.58. The standard InChI is InChI=1S/C32H41NO5/c1-21(2)33-17-7-8-18-36-28-12-10-23(27-13-14-29(37-27)38-30(34)35)19-24(28)22-9-11-25-26(20-22)32(5,6)16-15-31(25,3)4/h9-14,19-21,33H,7-8,15-18H2,1-6H3,(H,34,35). The van der Waals surface area contributed by atoms with Gasteiger partial charge < -0.3 is 24.3 Å². The van der Waals surface area contributed by atoms with Gasteiger partial charge in [0, 0.05) is 23.2 Å². The van der Waals surface area contributed by atoms with Crippen LogP contribution in [0, 0.1) is 0 Å². The average Bonchev–Trinajstić information content (AvgIpc) is 3.31. The minimum absolute atomic E-state index is 0.0536. The number of carbonyl (C=O) groups is 1. The summed E-state index contributed by atoms with van der Waals surface area (Å²) in [6.45, 7) is 15.2. The van der Waals surface area contributed by atoms with E-state index in [4.69, 9.17) is 14.3 Å². The number of rotatable bonds is 10. The molecule has 0 saturated heterocycles. The van der Waals surface area contributed by atoms with Gasteiger partial charge in [0.05, 0.1) is 6.61 Å². The van der Waals surface area contributed by atoms with E-state index in [1.54, 1.807) is 6.07 Å². The lowest BCUT2D eigenvalue weighted by atomic mass is 9.63. The first-order valence-corrected chi connectivity index (χ1v) is 13.6. The maximum atomic E-state index is 10.9. The van der Waals surface area contributed by atoms with Crippen molar-refractivity contribution in [3.63, 3.8) is 0 Å². The minimum Gasteiger partial charge on any atom is -0.493 e. The van der Waals surface area contributed by atoms with Crippen molar-refractivity contribution < 1.29 is 23.8 Å². The predicted octanol–water partition coefficient (Wildman–Crippen LogP) is 8.18. The molecule has 0 amide bonds. The smallest absolute Gasteiger partial charge is 0.493 e. The van der Waals surface area contributed by atoms with Crippen molar-refractivity contribution in [3.8, 4) is 34.1 Å². The summed E-state index contributed by atoms with van der Waals surface area (Å²) in [4.78, 5) is 10.9. The Balaban J connectivity index is 1.68. The van der Waals surface area contributed by atoms with Crippen molar-refractivity contribution in [1.82, 2.24) is 5.32 Å². The number of hydrogen-bond donors (Lipinski definition) is 2. The van der Waals surface area contributed by atoms with Crippen molar-refractivity contribution in [2.75, 3.05) is 13.2 Å². The lowest BCUT2D eigenvalue weighted by molar-refractivity contribution is 0.133. The Hall–Kier alpha value is -3.25. The molecule has 38 heavy (non-hydrogen) atoms. The summed E-state index contributed by atoms with van der Waals surface area (Å²) < 4.78 is 16.7. The molecular formula is C32H41NO5. The van der Waals surface area contributed by atoms with Gasteiger partial charge in [-0.2, -0.15) is 0 Å². The van der Waals surface area contributed by atoms with Crippen LogP contribution < -0.4 is 14.8 Å². The molecule has 0 unspecified atom stereocenters. The van der Waals surface area contributed by atoms with Gasteiger partial charge in [-0.3, -0.25) is 0 Å². The molecule has 1 aliphatic carbocycles. The summed E-state index contributed by atoms with van der Waals surface area (Å²) in [6.07, 6.45) is 2.91. The SMILES string of the molecule is CC(C)NCCCCOc1ccc(-c2ccc(OC(=O)O)o2)cc1-c1ccc2c(c1)C(C)(C)CCC2(C)C. The molecule has 0 radical (unpaired) electrons. The molecule has 0 bridgehead atoms. The first-order chi connectivity index (χ1) is 18.0. The zero-order valence-corrected chi connectivity index (χ0v) is 23.5. The summed E-state index contributed by atoms with van der Waals surface area (Å²) in [5.74, 6) is 1.31. The molecule has 0 saturated carbocycles. The Morgan fingerprint density at radius 2 is 1.66 bits per heavy atom. The number of nitrogens with one attached hydrogen (secondary N) is 1. The molecule has 2 aromatic carbocycles. The largest absolute Gasteiger partial charge is 0.513 e. The van der Waals surface area contributed by atoms with E-state index >= 15 is 0 Å². The van der Waals surface area contributed by atoms with E-state index in [2.05, 4.69) is 75.9 Å². The molecule has 1 aromatic heterocycles. The van der Waals surface area contributed by atoms with Crippen LogP contribution >= 0.6 is 0 Å². The van der Waals surface area contributed by atoms with Gasteiger partial charge in [0.2, 0.25) is 0 Å². The number of carboxylic acid groups (broad SMARTS) is 1. The van der Waals surface area contributed by atoms with E-state index in [9.17, 15) is 4.79 Å². The summed E-state index contributed by atoms with van der Waals surface area (Å²) in [5, 5.41) is 12.4. The van der Waals surface area contributed by atoms with E-state index < -0.39 is 6.16 Å². The Morgan fingerprint density at radius 1 is 0.947 bits per heavy atom. The van der Waals surface area contributed by atoms with Gasteiger partial charge >= 0.3 is 6.16 Å². The fourth-order valence-electron chi connectivity index (χ4n) is 5.21. The summed E-state index contributed by atoms with van der Waals surface area (Å²) in [7, 11) is 0. The molecule has 204 valence electrons. The van der Waals surface area contributed by atoms with Gasteiger partial charge in [0.25, 0.3) is 5.95 Å². The summed E-state index contributed by atoms with van der Waals surface area (Å²) in [5.41, 5.74) is 5.94. The monoisotopic (exact) mass is 519 g/mol. The maximum absolute atomic E-state index is 10.9. The first-order valence-electron chi connectivity index (χ1n) is 13.6. The van der Waals surface area contributed by atoms with Crippen molar-refractivity contribution in [2.45, 2.75) is 84.1 Å². The van der Waals surface area contributed by atoms with Crippen LogP contribution in [0.25, 0.3) is 22.5 Å². The number of hydrogen-bond acceptors (Lipinski definition) is 5. The molecule has 2 N–H and O–H groups in total. The zero-order chi connectivity index (χ0) is 27.5. The van der Waals surface area contributed by atoms with E-state index in [0.29, 0.717) is 18.4 Å².